The summed E-state index contributed by atoms with van der Waals surface area (Å²) in [6, 6.07) is 20.7. The summed E-state index contributed by atoms with van der Waals surface area (Å²) in [7, 11) is 0. The molecule has 0 unspecified atom stereocenters. The molecular weight excluding hydrogens is 346 g/mol. The van der Waals surface area contributed by atoms with E-state index in [0.717, 1.165) is 17.2 Å². The second kappa shape index (κ2) is 9.71. The number of carbonyl (C=O) groups excluding carboxylic acids is 1. The van der Waals surface area contributed by atoms with E-state index in [0.29, 0.717) is 16.9 Å². The second-order valence-corrected chi connectivity index (χ2v) is 7.09. The number of aryl methyl sites for hydroxylation is 1. The molecule has 0 aliphatic rings. The van der Waals surface area contributed by atoms with Gasteiger partial charge in [0.05, 0.1) is 17.2 Å². The lowest BCUT2D eigenvalue weighted by atomic mass is 10.0. The van der Waals surface area contributed by atoms with Crippen molar-refractivity contribution >= 4 is 16.7 Å². The summed E-state index contributed by atoms with van der Waals surface area (Å²) in [5.41, 5.74) is 2.42. The van der Waals surface area contributed by atoms with Crippen molar-refractivity contribution in [2.45, 2.75) is 45.4 Å². The molecule has 0 saturated heterocycles. The van der Waals surface area contributed by atoms with Gasteiger partial charge in [0, 0.05) is 0 Å². The molecule has 0 aliphatic heterocycles. The predicted octanol–water partition coefficient (Wildman–Crippen LogP) is 6.44. The number of hydrogen-bond acceptors (Lipinski definition) is 3. The highest BCUT2D eigenvalue weighted by molar-refractivity contribution is 5.92. The molecule has 3 aromatic carbocycles. The summed E-state index contributed by atoms with van der Waals surface area (Å²) in [6.45, 7) is 2.22. The first-order valence-electron chi connectivity index (χ1n) is 9.94. The molecule has 0 heterocycles. The van der Waals surface area contributed by atoms with Crippen LogP contribution in [0.3, 0.4) is 0 Å². The number of rotatable bonds is 8. The molecule has 3 aromatic rings. The Morgan fingerprint density at radius 1 is 0.893 bits per heavy atom. The molecule has 0 amide bonds. The van der Waals surface area contributed by atoms with Crippen LogP contribution < -0.4 is 4.74 Å². The van der Waals surface area contributed by atoms with E-state index in [-0.39, 0.29) is 5.97 Å². The maximum absolute atomic E-state index is 12.4. The molecule has 0 radical (unpaired) electrons. The Kier molecular flexibility index (Phi) is 6.81. The van der Waals surface area contributed by atoms with Crippen molar-refractivity contribution < 1.29 is 9.53 Å². The third-order valence-corrected chi connectivity index (χ3v) is 4.91. The van der Waals surface area contributed by atoms with Crippen molar-refractivity contribution in [1.29, 1.82) is 5.26 Å². The Morgan fingerprint density at radius 2 is 1.61 bits per heavy atom. The van der Waals surface area contributed by atoms with Gasteiger partial charge in [-0.1, -0.05) is 56.9 Å². The van der Waals surface area contributed by atoms with Gasteiger partial charge in [-0.15, -0.1) is 0 Å². The van der Waals surface area contributed by atoms with Gasteiger partial charge in [-0.3, -0.25) is 0 Å². The monoisotopic (exact) mass is 371 g/mol. The molecule has 28 heavy (non-hydrogen) atoms. The minimum atomic E-state index is -0.359. The van der Waals surface area contributed by atoms with E-state index in [9.17, 15) is 4.79 Å². The molecule has 0 bridgehead atoms. The van der Waals surface area contributed by atoms with Crippen LogP contribution in [-0.2, 0) is 6.42 Å². The molecule has 3 nitrogen and oxygen atoms in total. The largest absolute Gasteiger partial charge is 0.423 e. The minimum Gasteiger partial charge on any atom is -0.423 e. The fourth-order valence-electron chi connectivity index (χ4n) is 3.26. The standard InChI is InChI=1S/C25H25NO2/c1-2-3-4-5-6-7-19-8-11-21(12-9-19)25(27)28-24-15-14-22-16-20(18-26)10-13-23(22)17-24/h8-17H,2-7H2,1H3. The van der Waals surface area contributed by atoms with Crippen LogP contribution in [0.5, 0.6) is 5.75 Å². The predicted molar refractivity (Wildman–Crippen MR) is 113 cm³/mol. The SMILES string of the molecule is CCCCCCCc1ccc(C(=O)Oc2ccc3cc(C#N)ccc3c2)cc1. The van der Waals surface area contributed by atoms with Gasteiger partial charge in [0.25, 0.3) is 0 Å². The fraction of sp³-hybridized carbons (Fsp3) is 0.280. The van der Waals surface area contributed by atoms with Crippen molar-refractivity contribution in [3.63, 3.8) is 0 Å². The summed E-state index contributed by atoms with van der Waals surface area (Å²) in [4.78, 5) is 12.4. The van der Waals surface area contributed by atoms with Gasteiger partial charge < -0.3 is 4.74 Å². The molecule has 3 heteroatoms. The average Bonchev–Trinajstić information content (AvgIpc) is 2.73. The Hall–Kier alpha value is -3.12. The highest BCUT2D eigenvalue weighted by atomic mass is 16.5. The Morgan fingerprint density at radius 3 is 2.36 bits per heavy atom. The first kappa shape index (κ1) is 19.6. The summed E-state index contributed by atoms with van der Waals surface area (Å²) in [5.74, 6) is 0.143. The average molecular weight is 371 g/mol. The maximum Gasteiger partial charge on any atom is 0.343 e. The number of unbranched alkanes of at least 4 members (excludes halogenated alkanes) is 4. The summed E-state index contributed by atoms with van der Waals surface area (Å²) < 4.78 is 5.53. The van der Waals surface area contributed by atoms with Crippen molar-refractivity contribution in [2.75, 3.05) is 0 Å². The molecule has 0 spiro atoms. The van der Waals surface area contributed by atoms with Gasteiger partial charge in [-0.05, 0) is 65.6 Å². The highest BCUT2D eigenvalue weighted by Gasteiger charge is 2.09. The zero-order valence-corrected chi connectivity index (χ0v) is 16.3. The Bertz CT molecular complexity index is 984. The summed E-state index contributed by atoms with van der Waals surface area (Å²) >= 11 is 0. The molecule has 0 aliphatic carbocycles. The van der Waals surface area contributed by atoms with Gasteiger partial charge >= 0.3 is 5.97 Å². The van der Waals surface area contributed by atoms with Crippen LogP contribution in [0.4, 0.5) is 0 Å². The van der Waals surface area contributed by atoms with Gasteiger partial charge in [0.1, 0.15) is 5.75 Å². The van der Waals surface area contributed by atoms with E-state index < -0.39 is 0 Å². The van der Waals surface area contributed by atoms with Crippen LogP contribution in [-0.4, -0.2) is 5.97 Å². The van der Waals surface area contributed by atoms with Crippen LogP contribution in [0.1, 0.15) is 60.5 Å². The van der Waals surface area contributed by atoms with E-state index in [2.05, 4.69) is 13.0 Å². The van der Waals surface area contributed by atoms with Crippen LogP contribution in [0.2, 0.25) is 0 Å². The summed E-state index contributed by atoms with van der Waals surface area (Å²) in [6.07, 6.45) is 7.36. The lowest BCUT2D eigenvalue weighted by molar-refractivity contribution is 0.0735. The Labute approximate surface area is 166 Å². The molecule has 0 aromatic heterocycles. The van der Waals surface area contributed by atoms with E-state index in [1.54, 1.807) is 12.1 Å². The number of carbonyl (C=O) groups is 1. The molecule has 142 valence electrons. The summed E-state index contributed by atoms with van der Waals surface area (Å²) in [5, 5.41) is 10.9. The topological polar surface area (TPSA) is 50.1 Å². The highest BCUT2D eigenvalue weighted by Crippen LogP contribution is 2.23. The third-order valence-electron chi connectivity index (χ3n) is 4.91. The van der Waals surface area contributed by atoms with Crippen molar-refractivity contribution in [3.8, 4) is 11.8 Å². The van der Waals surface area contributed by atoms with E-state index in [4.69, 9.17) is 10.00 Å². The number of benzene rings is 3. The molecule has 3 rings (SSSR count). The van der Waals surface area contributed by atoms with Gasteiger partial charge in [0.15, 0.2) is 0 Å². The molecule has 0 fully saturated rings. The number of fused-ring (bicyclic) bond motifs is 1. The Balaban J connectivity index is 1.59. The fourth-order valence-corrected chi connectivity index (χ4v) is 3.26. The number of nitriles is 1. The second-order valence-electron chi connectivity index (χ2n) is 7.09. The molecule has 0 saturated carbocycles. The number of hydrogen-bond donors (Lipinski definition) is 0. The van der Waals surface area contributed by atoms with Crippen LogP contribution in [0, 0.1) is 11.3 Å². The van der Waals surface area contributed by atoms with Crippen molar-refractivity contribution in [3.05, 3.63) is 77.4 Å². The number of ether oxygens (including phenoxy) is 1. The molecule has 0 N–H and O–H groups in total. The molecular formula is C25H25NO2. The van der Waals surface area contributed by atoms with Gasteiger partial charge in [-0.25, -0.2) is 4.79 Å². The minimum absolute atomic E-state index is 0.359. The van der Waals surface area contributed by atoms with Crippen LogP contribution in [0.15, 0.2) is 60.7 Å². The number of nitrogens with zero attached hydrogens (tertiary/aromatic N) is 1. The third kappa shape index (κ3) is 5.20. The van der Waals surface area contributed by atoms with Crippen LogP contribution >= 0.6 is 0 Å². The van der Waals surface area contributed by atoms with Crippen molar-refractivity contribution in [2.24, 2.45) is 0 Å². The normalized spacial score (nSPS) is 10.6. The van der Waals surface area contributed by atoms with Gasteiger partial charge in [-0.2, -0.15) is 5.26 Å². The van der Waals surface area contributed by atoms with E-state index in [1.165, 1.54) is 37.7 Å². The number of esters is 1. The first-order valence-corrected chi connectivity index (χ1v) is 9.94. The quantitative estimate of drug-likeness (QED) is 0.260. The lowest BCUT2D eigenvalue weighted by Crippen LogP contribution is -2.08. The van der Waals surface area contributed by atoms with Crippen molar-refractivity contribution in [1.82, 2.24) is 0 Å². The smallest absolute Gasteiger partial charge is 0.343 e. The maximum atomic E-state index is 12.4. The van der Waals surface area contributed by atoms with E-state index in [1.807, 2.05) is 48.5 Å². The zero-order valence-electron chi connectivity index (χ0n) is 16.3. The van der Waals surface area contributed by atoms with E-state index >= 15 is 0 Å². The molecule has 0 atom stereocenters. The lowest BCUT2D eigenvalue weighted by Gasteiger charge is -2.07. The van der Waals surface area contributed by atoms with Gasteiger partial charge in [0.2, 0.25) is 0 Å². The first-order chi connectivity index (χ1) is 13.7. The zero-order chi connectivity index (χ0) is 19.8. The van der Waals surface area contributed by atoms with Crippen LogP contribution in [0.25, 0.3) is 10.8 Å².